The van der Waals surface area contributed by atoms with Crippen LogP contribution < -0.4 is 5.32 Å². The second-order valence-electron chi connectivity index (χ2n) is 5.27. The van der Waals surface area contributed by atoms with Crippen molar-refractivity contribution in [2.24, 2.45) is 0 Å². The van der Waals surface area contributed by atoms with Crippen LogP contribution in [0.2, 0.25) is 0 Å². The summed E-state index contributed by atoms with van der Waals surface area (Å²) < 4.78 is 57.4. The molecule has 0 aliphatic carbocycles. The van der Waals surface area contributed by atoms with Crippen LogP contribution in [0.5, 0.6) is 0 Å². The Morgan fingerprint density at radius 1 is 1.32 bits per heavy atom. The lowest BCUT2D eigenvalue weighted by Crippen LogP contribution is -2.38. The molecule has 0 radical (unpaired) electrons. The number of rotatable bonds is 5. The molecule has 0 unspecified atom stereocenters. The molecule has 2 atom stereocenters. The van der Waals surface area contributed by atoms with Gasteiger partial charge in [-0.05, 0) is 37.0 Å². The van der Waals surface area contributed by atoms with Gasteiger partial charge in [-0.1, -0.05) is 12.1 Å². The number of hydrogen-bond acceptors (Lipinski definition) is 2. The predicted molar refractivity (Wildman–Crippen MR) is 71.5 cm³/mol. The van der Waals surface area contributed by atoms with Crippen molar-refractivity contribution in [3.8, 4) is 0 Å². The largest absolute Gasteiger partial charge is 0.412 e. The van der Waals surface area contributed by atoms with Crippen molar-refractivity contribution in [3.05, 3.63) is 35.6 Å². The topological polar surface area (TPSA) is 38.3 Å². The number of amides is 1. The minimum Gasteiger partial charge on any atom is -0.378 e. The molecule has 1 aromatic rings. The Balaban J connectivity index is 1.97. The Morgan fingerprint density at radius 3 is 2.55 bits per heavy atom. The lowest BCUT2D eigenvalue weighted by molar-refractivity contribution is -0.163. The summed E-state index contributed by atoms with van der Waals surface area (Å²) in [5.41, 5.74) is -0.195. The van der Waals surface area contributed by atoms with E-state index in [2.05, 4.69) is 0 Å². The summed E-state index contributed by atoms with van der Waals surface area (Å²) in [7, 11) is 0. The summed E-state index contributed by atoms with van der Waals surface area (Å²) in [6, 6.07) is 1.78. The highest BCUT2D eigenvalue weighted by Crippen LogP contribution is 2.33. The fourth-order valence-electron chi connectivity index (χ4n) is 2.41. The van der Waals surface area contributed by atoms with Gasteiger partial charge in [0.2, 0.25) is 5.91 Å². The molecule has 0 bridgehead atoms. The first kappa shape index (κ1) is 16.7. The van der Waals surface area contributed by atoms with Crippen molar-refractivity contribution in [3.63, 3.8) is 0 Å². The van der Waals surface area contributed by atoms with Gasteiger partial charge in [0.15, 0.2) is 6.04 Å². The molecule has 1 aliphatic heterocycles. The number of carbonyl (C=O) groups excluding carboxylic acids is 1. The van der Waals surface area contributed by atoms with Crippen LogP contribution >= 0.6 is 0 Å². The van der Waals surface area contributed by atoms with Gasteiger partial charge in [0.1, 0.15) is 5.82 Å². The number of halogens is 4. The van der Waals surface area contributed by atoms with Gasteiger partial charge in [0, 0.05) is 13.0 Å². The summed E-state index contributed by atoms with van der Waals surface area (Å²) >= 11 is 0. The van der Waals surface area contributed by atoms with Gasteiger partial charge in [-0.2, -0.15) is 13.2 Å². The Kier molecular flexibility index (Phi) is 5.39. The van der Waals surface area contributed by atoms with Gasteiger partial charge in [-0.15, -0.1) is 0 Å². The van der Waals surface area contributed by atoms with E-state index in [0.29, 0.717) is 13.0 Å². The van der Waals surface area contributed by atoms with E-state index < -0.39 is 23.9 Å². The molecular formula is C15H17F4NO2. The van der Waals surface area contributed by atoms with E-state index in [1.807, 2.05) is 5.32 Å². The van der Waals surface area contributed by atoms with Gasteiger partial charge in [0.05, 0.1) is 6.10 Å². The third kappa shape index (κ3) is 4.69. The number of carbonyl (C=O) groups is 1. The first-order chi connectivity index (χ1) is 10.4. The van der Waals surface area contributed by atoms with Crippen molar-refractivity contribution in [2.75, 3.05) is 6.61 Å². The summed E-state index contributed by atoms with van der Waals surface area (Å²) in [6.07, 6.45) is -2.59. The van der Waals surface area contributed by atoms with Crippen LogP contribution in [0.3, 0.4) is 0 Å². The fraction of sp³-hybridized carbons (Fsp3) is 0.533. The summed E-state index contributed by atoms with van der Waals surface area (Å²) in [5.74, 6) is -1.32. The third-order valence-corrected chi connectivity index (χ3v) is 3.55. The van der Waals surface area contributed by atoms with Gasteiger partial charge in [-0.3, -0.25) is 4.79 Å². The fourth-order valence-corrected chi connectivity index (χ4v) is 2.41. The van der Waals surface area contributed by atoms with Gasteiger partial charge in [0.25, 0.3) is 0 Å². The van der Waals surface area contributed by atoms with Crippen molar-refractivity contribution >= 4 is 5.91 Å². The second kappa shape index (κ2) is 7.09. The predicted octanol–water partition coefficient (Wildman–Crippen LogP) is 3.50. The zero-order chi connectivity index (χ0) is 16.2. The average Bonchev–Trinajstić information content (AvgIpc) is 2.96. The van der Waals surface area contributed by atoms with Crippen molar-refractivity contribution in [2.45, 2.75) is 44.0 Å². The monoisotopic (exact) mass is 319 g/mol. The van der Waals surface area contributed by atoms with Crippen molar-refractivity contribution in [1.82, 2.24) is 5.32 Å². The summed E-state index contributed by atoms with van der Waals surface area (Å²) in [4.78, 5) is 11.8. The van der Waals surface area contributed by atoms with Crippen molar-refractivity contribution < 1.29 is 27.1 Å². The maximum Gasteiger partial charge on any atom is 0.412 e. The van der Waals surface area contributed by atoms with E-state index in [4.69, 9.17) is 4.74 Å². The normalized spacial score (nSPS) is 19.9. The van der Waals surface area contributed by atoms with Crippen LogP contribution in [0.1, 0.15) is 37.3 Å². The molecule has 1 N–H and O–H groups in total. The highest BCUT2D eigenvalue weighted by Gasteiger charge is 2.41. The Hall–Kier alpha value is -1.63. The molecule has 7 heteroatoms. The second-order valence-corrected chi connectivity index (χ2v) is 5.27. The first-order valence-electron chi connectivity index (χ1n) is 7.09. The molecule has 1 heterocycles. The molecule has 0 saturated carbocycles. The van der Waals surface area contributed by atoms with E-state index in [0.717, 1.165) is 37.1 Å². The van der Waals surface area contributed by atoms with E-state index in [9.17, 15) is 22.4 Å². The Labute approximate surface area is 125 Å². The zero-order valence-electron chi connectivity index (χ0n) is 11.8. The van der Waals surface area contributed by atoms with E-state index in [1.165, 1.54) is 0 Å². The highest BCUT2D eigenvalue weighted by atomic mass is 19.4. The number of alkyl halides is 3. The molecule has 3 nitrogen and oxygen atoms in total. The molecule has 22 heavy (non-hydrogen) atoms. The van der Waals surface area contributed by atoms with Gasteiger partial charge < -0.3 is 10.1 Å². The van der Waals surface area contributed by atoms with Gasteiger partial charge in [-0.25, -0.2) is 4.39 Å². The van der Waals surface area contributed by atoms with E-state index in [-0.39, 0.29) is 18.1 Å². The molecule has 0 spiro atoms. The molecule has 1 aromatic carbocycles. The van der Waals surface area contributed by atoms with Crippen LogP contribution in [-0.2, 0) is 9.53 Å². The quantitative estimate of drug-likeness (QED) is 0.844. The lowest BCUT2D eigenvalue weighted by Gasteiger charge is -2.22. The molecule has 1 aliphatic rings. The number of nitrogens with one attached hydrogen (secondary N) is 1. The van der Waals surface area contributed by atoms with Crippen LogP contribution in [0.25, 0.3) is 0 Å². The van der Waals surface area contributed by atoms with Gasteiger partial charge >= 0.3 is 6.18 Å². The number of benzene rings is 1. The third-order valence-electron chi connectivity index (χ3n) is 3.55. The number of hydrogen-bond donors (Lipinski definition) is 1. The van der Waals surface area contributed by atoms with Crippen LogP contribution in [0, 0.1) is 5.82 Å². The van der Waals surface area contributed by atoms with Crippen LogP contribution in [-0.4, -0.2) is 24.8 Å². The zero-order valence-corrected chi connectivity index (χ0v) is 11.8. The maximum absolute atomic E-state index is 13.1. The SMILES string of the molecule is O=C(CC[C@@H]1CCCO1)N[C@H](c1ccc(F)cc1)C(F)(F)F. The molecule has 2 rings (SSSR count). The molecular weight excluding hydrogens is 302 g/mol. The lowest BCUT2D eigenvalue weighted by atomic mass is 10.1. The molecule has 0 aromatic heterocycles. The average molecular weight is 319 g/mol. The first-order valence-corrected chi connectivity index (χ1v) is 7.09. The summed E-state index contributed by atoms with van der Waals surface area (Å²) in [5, 5.41) is 1.97. The molecule has 1 saturated heterocycles. The Morgan fingerprint density at radius 2 is 2.00 bits per heavy atom. The molecule has 1 amide bonds. The molecule has 122 valence electrons. The minimum atomic E-state index is -4.64. The summed E-state index contributed by atoms with van der Waals surface area (Å²) in [6.45, 7) is 0.632. The maximum atomic E-state index is 13.1. The molecule has 1 fully saturated rings. The van der Waals surface area contributed by atoms with E-state index in [1.54, 1.807) is 0 Å². The minimum absolute atomic E-state index is 0.0293. The highest BCUT2D eigenvalue weighted by molar-refractivity contribution is 5.76. The van der Waals surface area contributed by atoms with E-state index >= 15 is 0 Å². The van der Waals surface area contributed by atoms with Crippen LogP contribution in [0.4, 0.5) is 17.6 Å². The standard InChI is InChI=1S/C15H17F4NO2/c16-11-5-3-10(4-6-11)14(15(17,18)19)20-13(21)8-7-12-2-1-9-22-12/h3-6,12,14H,1-2,7-9H2,(H,20,21)/t12-,14+/m0/s1. The smallest absolute Gasteiger partial charge is 0.378 e. The number of ether oxygens (including phenoxy) is 1. The van der Waals surface area contributed by atoms with Crippen LogP contribution in [0.15, 0.2) is 24.3 Å². The Bertz CT molecular complexity index is 495. The van der Waals surface area contributed by atoms with Crippen molar-refractivity contribution in [1.29, 1.82) is 0 Å².